The first kappa shape index (κ1) is 10.9. The van der Waals surface area contributed by atoms with Gasteiger partial charge in [-0.3, -0.25) is 4.79 Å². The number of carbonyl (C=O) groups is 1. The highest BCUT2D eigenvalue weighted by atomic mass is 32.2. The Bertz CT molecular complexity index is 477. The number of rotatable bonds is 1. The van der Waals surface area contributed by atoms with Crippen molar-refractivity contribution in [3.63, 3.8) is 0 Å². The van der Waals surface area contributed by atoms with E-state index in [1.54, 1.807) is 12.1 Å². The van der Waals surface area contributed by atoms with Gasteiger partial charge in [0.15, 0.2) is 5.56 Å². The Balaban J connectivity index is 1.91. The highest BCUT2D eigenvalue weighted by Gasteiger charge is 2.40. The van der Waals surface area contributed by atoms with Crippen molar-refractivity contribution in [1.82, 2.24) is 5.32 Å². The Morgan fingerprint density at radius 1 is 1.41 bits per heavy atom. The molecule has 0 saturated carbocycles. The van der Waals surface area contributed by atoms with Crippen LogP contribution >= 0.6 is 11.8 Å². The van der Waals surface area contributed by atoms with Crippen LogP contribution in [-0.2, 0) is 11.2 Å². The molecule has 0 aromatic heterocycles. The SMILES string of the molecule is O=C1NC(O)SC1C1CCc2cc(O)ccc21. The summed E-state index contributed by atoms with van der Waals surface area (Å²) in [6.07, 6.45) is 1.78. The Kier molecular flexibility index (Phi) is 2.52. The maximum absolute atomic E-state index is 11.7. The summed E-state index contributed by atoms with van der Waals surface area (Å²) in [6.45, 7) is 0. The predicted molar refractivity (Wildman–Crippen MR) is 64.7 cm³/mol. The van der Waals surface area contributed by atoms with E-state index >= 15 is 0 Å². The number of aryl methyl sites for hydroxylation is 1. The molecule has 3 atom stereocenters. The third-order valence-corrected chi connectivity index (χ3v) is 4.63. The van der Waals surface area contributed by atoms with E-state index in [-0.39, 0.29) is 22.8 Å². The molecular weight excluding hydrogens is 238 g/mol. The van der Waals surface area contributed by atoms with Gasteiger partial charge in [-0.15, -0.1) is 0 Å². The number of carbonyl (C=O) groups excluding carboxylic acids is 1. The number of fused-ring (bicyclic) bond motifs is 1. The lowest BCUT2D eigenvalue weighted by Crippen LogP contribution is -2.29. The number of aromatic hydroxyl groups is 1. The van der Waals surface area contributed by atoms with Crippen LogP contribution < -0.4 is 5.32 Å². The fourth-order valence-electron chi connectivity index (χ4n) is 2.67. The minimum atomic E-state index is -0.784. The molecule has 0 bridgehead atoms. The summed E-state index contributed by atoms with van der Waals surface area (Å²) < 4.78 is 0. The van der Waals surface area contributed by atoms with Crippen molar-refractivity contribution in [1.29, 1.82) is 0 Å². The molecule has 1 aliphatic heterocycles. The van der Waals surface area contributed by atoms with E-state index in [1.165, 1.54) is 11.8 Å². The van der Waals surface area contributed by atoms with Gasteiger partial charge < -0.3 is 15.5 Å². The molecule has 0 spiro atoms. The topological polar surface area (TPSA) is 69.6 Å². The maximum Gasteiger partial charge on any atom is 0.236 e. The molecule has 1 aromatic carbocycles. The van der Waals surface area contributed by atoms with E-state index in [4.69, 9.17) is 0 Å². The van der Waals surface area contributed by atoms with Gasteiger partial charge in [0.25, 0.3) is 0 Å². The lowest BCUT2D eigenvalue weighted by Gasteiger charge is -2.16. The lowest BCUT2D eigenvalue weighted by molar-refractivity contribution is -0.121. The van der Waals surface area contributed by atoms with Gasteiger partial charge in [-0.1, -0.05) is 17.8 Å². The van der Waals surface area contributed by atoms with Crippen molar-refractivity contribution in [2.75, 3.05) is 0 Å². The van der Waals surface area contributed by atoms with E-state index in [9.17, 15) is 15.0 Å². The van der Waals surface area contributed by atoms with Crippen LogP contribution in [0.2, 0.25) is 0 Å². The molecule has 3 N–H and O–H groups in total. The Morgan fingerprint density at radius 2 is 2.24 bits per heavy atom. The number of phenolic OH excluding ortho intramolecular Hbond substituents is 1. The van der Waals surface area contributed by atoms with Crippen molar-refractivity contribution in [3.8, 4) is 5.75 Å². The summed E-state index contributed by atoms with van der Waals surface area (Å²) in [7, 11) is 0. The molecule has 1 saturated heterocycles. The molecule has 17 heavy (non-hydrogen) atoms. The van der Waals surface area contributed by atoms with Crippen LogP contribution in [0, 0.1) is 0 Å². The number of benzene rings is 1. The molecule has 0 radical (unpaired) electrons. The van der Waals surface area contributed by atoms with Gasteiger partial charge in [-0.25, -0.2) is 0 Å². The van der Waals surface area contributed by atoms with Crippen LogP contribution in [-0.4, -0.2) is 26.9 Å². The number of nitrogens with one attached hydrogen (secondary N) is 1. The minimum absolute atomic E-state index is 0.0894. The van der Waals surface area contributed by atoms with Crippen LogP contribution in [0.15, 0.2) is 18.2 Å². The number of aliphatic hydroxyl groups is 1. The second-order valence-corrected chi connectivity index (χ2v) is 5.67. The molecule has 1 aliphatic carbocycles. The second-order valence-electron chi connectivity index (χ2n) is 4.45. The molecule has 4 nitrogen and oxygen atoms in total. The van der Waals surface area contributed by atoms with Gasteiger partial charge in [0, 0.05) is 5.92 Å². The fraction of sp³-hybridized carbons (Fsp3) is 0.417. The molecule has 90 valence electrons. The minimum Gasteiger partial charge on any atom is -0.508 e. The summed E-state index contributed by atoms with van der Waals surface area (Å²) in [5.74, 6) is 0.328. The summed E-state index contributed by atoms with van der Waals surface area (Å²) in [5.41, 5.74) is 1.46. The Hall–Kier alpha value is -1.20. The average Bonchev–Trinajstić information content (AvgIpc) is 2.81. The summed E-state index contributed by atoms with van der Waals surface area (Å²) >= 11 is 1.27. The number of aliphatic hydroxyl groups excluding tert-OH is 1. The van der Waals surface area contributed by atoms with E-state index in [0.717, 1.165) is 24.0 Å². The van der Waals surface area contributed by atoms with Crippen molar-refractivity contribution < 1.29 is 15.0 Å². The van der Waals surface area contributed by atoms with Crippen LogP contribution in [0.4, 0.5) is 0 Å². The molecule has 2 aliphatic rings. The van der Waals surface area contributed by atoms with Crippen LogP contribution in [0.1, 0.15) is 23.5 Å². The van der Waals surface area contributed by atoms with E-state index < -0.39 is 5.56 Å². The summed E-state index contributed by atoms with van der Waals surface area (Å²) in [6, 6.07) is 5.31. The molecule has 1 aromatic rings. The Morgan fingerprint density at radius 3 is 2.94 bits per heavy atom. The second kappa shape index (κ2) is 3.92. The van der Waals surface area contributed by atoms with Crippen molar-refractivity contribution in [2.24, 2.45) is 0 Å². The maximum atomic E-state index is 11.7. The highest BCUT2D eigenvalue weighted by molar-refractivity contribution is 8.01. The zero-order chi connectivity index (χ0) is 12.0. The van der Waals surface area contributed by atoms with Gasteiger partial charge in [0.05, 0.1) is 5.25 Å². The van der Waals surface area contributed by atoms with Gasteiger partial charge in [-0.05, 0) is 36.1 Å². The molecule has 1 heterocycles. The van der Waals surface area contributed by atoms with Crippen LogP contribution in [0.3, 0.4) is 0 Å². The lowest BCUT2D eigenvalue weighted by atomic mass is 9.97. The highest BCUT2D eigenvalue weighted by Crippen LogP contribution is 2.43. The average molecular weight is 251 g/mol. The smallest absolute Gasteiger partial charge is 0.236 e. The van der Waals surface area contributed by atoms with E-state index in [1.807, 2.05) is 6.07 Å². The largest absolute Gasteiger partial charge is 0.508 e. The quantitative estimate of drug-likeness (QED) is 0.694. The summed E-state index contributed by atoms with van der Waals surface area (Å²) in [4.78, 5) is 11.7. The molecule has 5 heteroatoms. The van der Waals surface area contributed by atoms with Crippen molar-refractivity contribution in [2.45, 2.75) is 29.6 Å². The van der Waals surface area contributed by atoms with Crippen LogP contribution in [0.25, 0.3) is 0 Å². The third kappa shape index (κ3) is 1.79. The van der Waals surface area contributed by atoms with Crippen LogP contribution in [0.5, 0.6) is 5.75 Å². The third-order valence-electron chi connectivity index (χ3n) is 3.42. The fourth-order valence-corrected chi connectivity index (χ4v) is 3.79. The molecular formula is C12H13NO3S. The van der Waals surface area contributed by atoms with E-state index in [0.29, 0.717) is 0 Å². The number of hydrogen-bond acceptors (Lipinski definition) is 4. The van der Waals surface area contributed by atoms with E-state index in [2.05, 4.69) is 5.32 Å². The predicted octanol–water partition coefficient (Wildman–Crippen LogP) is 0.929. The molecule has 1 fully saturated rings. The van der Waals surface area contributed by atoms with Gasteiger partial charge >= 0.3 is 0 Å². The first-order valence-corrected chi connectivity index (χ1v) is 6.55. The standard InChI is InChI=1S/C12H13NO3S/c14-7-2-4-8-6(5-7)1-3-9(8)10-11(15)13-12(16)17-10/h2,4-5,9-10,12,14,16H,1,3H2,(H,13,15). The zero-order valence-electron chi connectivity index (χ0n) is 9.09. The van der Waals surface area contributed by atoms with Gasteiger partial charge in [0.1, 0.15) is 5.75 Å². The number of phenols is 1. The molecule has 1 amide bonds. The van der Waals surface area contributed by atoms with Gasteiger partial charge in [0.2, 0.25) is 5.91 Å². The normalized spacial score (nSPS) is 31.4. The monoisotopic (exact) mass is 251 g/mol. The summed E-state index contributed by atoms with van der Waals surface area (Å²) in [5, 5.41) is 21.1. The molecule has 3 rings (SSSR count). The number of amides is 1. The Labute approximate surface area is 103 Å². The zero-order valence-corrected chi connectivity index (χ0v) is 9.91. The first-order valence-electron chi connectivity index (χ1n) is 5.61. The van der Waals surface area contributed by atoms with Crippen molar-refractivity contribution in [3.05, 3.63) is 29.3 Å². The number of hydrogen-bond donors (Lipinski definition) is 3. The first-order chi connectivity index (χ1) is 8.15. The van der Waals surface area contributed by atoms with Crippen molar-refractivity contribution >= 4 is 17.7 Å². The van der Waals surface area contributed by atoms with Gasteiger partial charge in [-0.2, -0.15) is 0 Å². The molecule has 3 unspecified atom stereocenters. The number of thioether (sulfide) groups is 1.